The molecule has 0 aromatic heterocycles. The lowest BCUT2D eigenvalue weighted by Crippen LogP contribution is -2.47. The summed E-state index contributed by atoms with van der Waals surface area (Å²) in [5, 5.41) is 4.59. The zero-order valence-electron chi connectivity index (χ0n) is 11.4. The molecule has 1 N–H and O–H groups in total. The molecule has 1 aliphatic rings. The molecular weight excluding hydrogens is 262 g/mol. The molecule has 1 unspecified atom stereocenters. The number of halogens is 1. The van der Waals surface area contributed by atoms with Gasteiger partial charge >= 0.3 is 0 Å². The van der Waals surface area contributed by atoms with Crippen LogP contribution >= 0.6 is 23.4 Å². The van der Waals surface area contributed by atoms with Gasteiger partial charge in [-0.2, -0.15) is 11.8 Å². The zero-order valence-corrected chi connectivity index (χ0v) is 12.9. The molecule has 1 aromatic rings. The summed E-state index contributed by atoms with van der Waals surface area (Å²) in [5.41, 5.74) is 1.71. The molecule has 100 valence electrons. The van der Waals surface area contributed by atoms with E-state index in [1.807, 2.05) is 12.1 Å². The highest BCUT2D eigenvalue weighted by Crippen LogP contribution is 2.35. The third kappa shape index (κ3) is 3.43. The van der Waals surface area contributed by atoms with Crippen molar-refractivity contribution in [2.75, 3.05) is 11.5 Å². The van der Waals surface area contributed by atoms with Crippen LogP contribution in [0.2, 0.25) is 5.02 Å². The van der Waals surface area contributed by atoms with E-state index < -0.39 is 0 Å². The van der Waals surface area contributed by atoms with Crippen LogP contribution in [0.4, 0.5) is 0 Å². The normalized spacial score (nSPS) is 24.8. The first-order valence-electron chi connectivity index (χ1n) is 6.58. The van der Waals surface area contributed by atoms with E-state index in [1.54, 1.807) is 0 Å². The molecular formula is C15H22ClNS. The molecule has 3 heteroatoms. The van der Waals surface area contributed by atoms with E-state index in [9.17, 15) is 0 Å². The predicted octanol–water partition coefficient (Wildman–Crippen LogP) is 4.52. The summed E-state index contributed by atoms with van der Waals surface area (Å²) in [4.78, 5) is 0. The average Bonchev–Trinajstić information content (AvgIpc) is 2.32. The molecule has 0 saturated carbocycles. The largest absolute Gasteiger partial charge is 0.306 e. The summed E-state index contributed by atoms with van der Waals surface area (Å²) in [7, 11) is 0. The second-order valence-electron chi connectivity index (χ2n) is 5.81. The van der Waals surface area contributed by atoms with E-state index in [-0.39, 0.29) is 0 Å². The van der Waals surface area contributed by atoms with Gasteiger partial charge in [0.1, 0.15) is 0 Å². The fourth-order valence-corrected chi connectivity index (χ4v) is 4.11. The van der Waals surface area contributed by atoms with Gasteiger partial charge in [0.2, 0.25) is 0 Å². The first kappa shape index (κ1) is 14.2. The summed E-state index contributed by atoms with van der Waals surface area (Å²) < 4.78 is 0. The van der Waals surface area contributed by atoms with Crippen LogP contribution in [0, 0.1) is 5.41 Å². The smallest absolute Gasteiger partial charge is 0.0406 e. The van der Waals surface area contributed by atoms with E-state index in [4.69, 9.17) is 11.6 Å². The van der Waals surface area contributed by atoms with Crippen LogP contribution in [0.15, 0.2) is 24.3 Å². The summed E-state index contributed by atoms with van der Waals surface area (Å²) in [6.07, 6.45) is 1.29. The van der Waals surface area contributed by atoms with Crippen LogP contribution in [0.3, 0.4) is 0 Å². The van der Waals surface area contributed by atoms with Gasteiger partial charge in [0.15, 0.2) is 0 Å². The molecule has 2 rings (SSSR count). The maximum Gasteiger partial charge on any atom is 0.0406 e. The fourth-order valence-electron chi connectivity index (χ4n) is 2.36. The van der Waals surface area contributed by atoms with Crippen LogP contribution < -0.4 is 5.32 Å². The third-order valence-electron chi connectivity index (χ3n) is 3.94. The van der Waals surface area contributed by atoms with Gasteiger partial charge < -0.3 is 5.32 Å². The highest BCUT2D eigenvalue weighted by molar-refractivity contribution is 7.99. The molecule has 1 heterocycles. The Morgan fingerprint density at radius 2 is 2.00 bits per heavy atom. The number of thioether (sulfide) groups is 1. The molecule has 1 aliphatic heterocycles. The van der Waals surface area contributed by atoms with E-state index >= 15 is 0 Å². The minimum atomic E-state index is 0.380. The van der Waals surface area contributed by atoms with Crippen molar-refractivity contribution in [3.63, 3.8) is 0 Å². The quantitative estimate of drug-likeness (QED) is 0.875. The Balaban J connectivity index is 2.02. The lowest BCUT2D eigenvalue weighted by Gasteiger charge is -2.40. The van der Waals surface area contributed by atoms with Gasteiger partial charge in [0.05, 0.1) is 0 Å². The Bertz CT molecular complexity index is 388. The Kier molecular flexibility index (Phi) is 4.63. The molecule has 0 aliphatic carbocycles. The highest BCUT2D eigenvalue weighted by Gasteiger charge is 2.33. The lowest BCUT2D eigenvalue weighted by atomic mass is 9.81. The van der Waals surface area contributed by atoms with Crippen LogP contribution in [0.5, 0.6) is 0 Å². The molecule has 1 aromatic carbocycles. The Morgan fingerprint density at radius 1 is 1.33 bits per heavy atom. The number of rotatable bonds is 3. The maximum atomic E-state index is 5.93. The first-order chi connectivity index (χ1) is 8.49. The van der Waals surface area contributed by atoms with Crippen LogP contribution in [0.25, 0.3) is 0 Å². The monoisotopic (exact) mass is 283 g/mol. The van der Waals surface area contributed by atoms with E-state index in [2.05, 4.69) is 50.0 Å². The number of benzene rings is 1. The van der Waals surface area contributed by atoms with Crippen molar-refractivity contribution in [3.05, 3.63) is 34.9 Å². The van der Waals surface area contributed by atoms with Crippen molar-refractivity contribution in [2.45, 2.75) is 39.3 Å². The molecule has 0 bridgehead atoms. The summed E-state index contributed by atoms with van der Waals surface area (Å²) in [6.45, 7) is 6.98. The maximum absolute atomic E-state index is 5.93. The summed E-state index contributed by atoms with van der Waals surface area (Å²) in [5.74, 6) is 2.51. The summed E-state index contributed by atoms with van der Waals surface area (Å²) in [6, 6.07) is 9.13. The molecule has 0 amide bonds. The number of hydrogen-bond donors (Lipinski definition) is 1. The third-order valence-corrected chi connectivity index (χ3v) is 5.25. The van der Waals surface area contributed by atoms with Crippen molar-refractivity contribution < 1.29 is 0 Å². The van der Waals surface area contributed by atoms with Gasteiger partial charge in [-0.15, -0.1) is 0 Å². The van der Waals surface area contributed by atoms with Crippen molar-refractivity contribution in [1.29, 1.82) is 0 Å². The van der Waals surface area contributed by atoms with Gasteiger partial charge in [-0.05, 0) is 42.2 Å². The van der Waals surface area contributed by atoms with Gasteiger partial charge in [0.25, 0.3) is 0 Å². The second-order valence-corrected chi connectivity index (χ2v) is 7.39. The van der Waals surface area contributed by atoms with Crippen LogP contribution in [0.1, 0.15) is 38.8 Å². The molecule has 18 heavy (non-hydrogen) atoms. The second kappa shape index (κ2) is 5.85. The molecule has 2 atom stereocenters. The van der Waals surface area contributed by atoms with E-state index in [1.165, 1.54) is 23.5 Å². The number of nitrogens with one attached hydrogen (secondary N) is 1. The van der Waals surface area contributed by atoms with E-state index in [0.717, 1.165) is 5.02 Å². The summed E-state index contributed by atoms with van der Waals surface area (Å²) >= 11 is 7.99. The molecule has 1 fully saturated rings. The van der Waals surface area contributed by atoms with Crippen molar-refractivity contribution in [3.8, 4) is 0 Å². The van der Waals surface area contributed by atoms with E-state index in [0.29, 0.717) is 17.5 Å². The standard InChI is InChI=1S/C15H22ClNS/c1-11(12-4-6-13(16)7-5-12)17-14-10-18-9-8-15(14,2)3/h4-7,11,14,17H,8-10H2,1-3H3/t11-,14?/m1/s1. The van der Waals surface area contributed by atoms with Gasteiger partial charge in [-0.3, -0.25) is 0 Å². The van der Waals surface area contributed by atoms with Crippen LogP contribution in [-0.2, 0) is 0 Å². The fraction of sp³-hybridized carbons (Fsp3) is 0.600. The zero-order chi connectivity index (χ0) is 13.2. The predicted molar refractivity (Wildman–Crippen MR) is 82.5 cm³/mol. The Hall–Kier alpha value is -0.180. The molecule has 1 saturated heterocycles. The van der Waals surface area contributed by atoms with Crippen molar-refractivity contribution in [1.82, 2.24) is 5.32 Å². The van der Waals surface area contributed by atoms with Gasteiger partial charge in [-0.1, -0.05) is 37.6 Å². The minimum Gasteiger partial charge on any atom is -0.306 e. The Labute approximate surface area is 120 Å². The molecule has 0 spiro atoms. The topological polar surface area (TPSA) is 12.0 Å². The van der Waals surface area contributed by atoms with Gasteiger partial charge in [0, 0.05) is 22.9 Å². The number of hydrogen-bond acceptors (Lipinski definition) is 2. The highest BCUT2D eigenvalue weighted by atomic mass is 35.5. The van der Waals surface area contributed by atoms with Crippen molar-refractivity contribution >= 4 is 23.4 Å². The minimum absolute atomic E-state index is 0.380. The average molecular weight is 284 g/mol. The first-order valence-corrected chi connectivity index (χ1v) is 8.11. The Morgan fingerprint density at radius 3 is 2.61 bits per heavy atom. The van der Waals surface area contributed by atoms with Crippen molar-refractivity contribution in [2.24, 2.45) is 5.41 Å². The molecule has 0 radical (unpaired) electrons. The molecule has 1 nitrogen and oxygen atoms in total. The van der Waals surface area contributed by atoms with Crippen LogP contribution in [-0.4, -0.2) is 17.5 Å². The van der Waals surface area contributed by atoms with Gasteiger partial charge in [-0.25, -0.2) is 0 Å². The SMILES string of the molecule is C[C@@H](NC1CSCCC1(C)C)c1ccc(Cl)cc1. The lowest BCUT2D eigenvalue weighted by molar-refractivity contribution is 0.232.